The Kier molecular flexibility index (Phi) is 5.12. The first-order valence-corrected chi connectivity index (χ1v) is 10.9. The quantitative estimate of drug-likeness (QED) is 0.467. The first-order valence-electron chi connectivity index (χ1n) is 10.0. The van der Waals surface area contributed by atoms with E-state index in [1.807, 2.05) is 54.8 Å². The lowest BCUT2D eigenvalue weighted by Gasteiger charge is -2.23. The Bertz CT molecular complexity index is 1330. The van der Waals surface area contributed by atoms with E-state index in [2.05, 4.69) is 20.6 Å². The van der Waals surface area contributed by atoms with E-state index in [1.54, 1.807) is 23.2 Å². The number of pyridine rings is 2. The summed E-state index contributed by atoms with van der Waals surface area (Å²) in [5.74, 6) is 0.626. The van der Waals surface area contributed by atoms with Gasteiger partial charge in [-0.3, -0.25) is 9.59 Å². The Morgan fingerprint density at radius 3 is 2.78 bits per heavy atom. The van der Waals surface area contributed by atoms with Crippen LogP contribution in [-0.2, 0) is 6.54 Å². The molecule has 1 aliphatic rings. The molecule has 158 valence electrons. The number of aryl methyl sites for hydroxylation is 1. The molecule has 0 fully saturated rings. The van der Waals surface area contributed by atoms with Crippen LogP contribution in [0.25, 0.3) is 0 Å². The molecule has 0 atom stereocenters. The predicted octanol–water partition coefficient (Wildman–Crippen LogP) is 5.00. The first kappa shape index (κ1) is 19.9. The monoisotopic (exact) mass is 441 g/mol. The summed E-state index contributed by atoms with van der Waals surface area (Å²) in [6.45, 7) is 2.25. The highest BCUT2D eigenvalue weighted by Crippen LogP contribution is 2.35. The Balaban J connectivity index is 1.47. The molecule has 1 aromatic carbocycles. The van der Waals surface area contributed by atoms with Crippen molar-refractivity contribution in [3.8, 4) is 0 Å². The summed E-state index contributed by atoms with van der Waals surface area (Å²) in [6, 6.07) is 16.6. The molecule has 1 aliphatic heterocycles. The summed E-state index contributed by atoms with van der Waals surface area (Å²) in [4.78, 5) is 37.1. The molecule has 0 spiro atoms. The zero-order valence-electron chi connectivity index (χ0n) is 17.2. The lowest BCUT2D eigenvalue weighted by Crippen LogP contribution is -2.30. The van der Waals surface area contributed by atoms with Gasteiger partial charge in [-0.15, -0.1) is 11.3 Å². The SMILES string of the molecule is Cc1ccsc1C(=O)Nc1cc(C(=O)N2Cc3cccnc3Nc3ccccc32)ccn1. The number of nitrogens with one attached hydrogen (secondary N) is 2. The van der Waals surface area contributed by atoms with Crippen LogP contribution in [0.3, 0.4) is 0 Å². The topological polar surface area (TPSA) is 87.2 Å². The third-order valence-corrected chi connectivity index (χ3v) is 6.24. The van der Waals surface area contributed by atoms with E-state index in [0.29, 0.717) is 22.8 Å². The molecule has 3 aromatic heterocycles. The fourth-order valence-electron chi connectivity index (χ4n) is 3.62. The number of carbonyl (C=O) groups excluding carboxylic acids is 2. The van der Waals surface area contributed by atoms with Crippen LogP contribution in [0.4, 0.5) is 23.0 Å². The lowest BCUT2D eigenvalue weighted by molar-refractivity contribution is 0.0983. The molecule has 4 aromatic rings. The number of thiophene rings is 1. The van der Waals surface area contributed by atoms with Gasteiger partial charge in [-0.05, 0) is 54.3 Å². The largest absolute Gasteiger partial charge is 0.338 e. The fraction of sp³-hybridized carbons (Fsp3) is 0.0833. The van der Waals surface area contributed by atoms with Gasteiger partial charge in [0.25, 0.3) is 11.8 Å². The van der Waals surface area contributed by atoms with Crippen LogP contribution >= 0.6 is 11.3 Å². The number of benzene rings is 1. The maximum atomic E-state index is 13.6. The number of fused-ring (bicyclic) bond motifs is 2. The molecule has 32 heavy (non-hydrogen) atoms. The molecule has 0 aliphatic carbocycles. The molecule has 4 heterocycles. The van der Waals surface area contributed by atoms with Crippen LogP contribution < -0.4 is 15.5 Å². The van der Waals surface area contributed by atoms with Crippen molar-refractivity contribution in [2.24, 2.45) is 0 Å². The number of aromatic nitrogens is 2. The number of amides is 2. The second-order valence-electron chi connectivity index (χ2n) is 7.36. The van der Waals surface area contributed by atoms with Crippen molar-refractivity contribution in [3.63, 3.8) is 0 Å². The molecule has 0 bridgehead atoms. The van der Waals surface area contributed by atoms with Gasteiger partial charge in [0.2, 0.25) is 0 Å². The van der Waals surface area contributed by atoms with Gasteiger partial charge in [0.1, 0.15) is 11.6 Å². The van der Waals surface area contributed by atoms with Crippen LogP contribution in [0.1, 0.15) is 31.2 Å². The molecule has 7 nitrogen and oxygen atoms in total. The molecule has 2 N–H and O–H groups in total. The standard InChI is InChI=1S/C24H19N5O2S/c1-15-9-12-32-21(15)23(30)28-20-13-16(8-11-25-20)24(31)29-14-17-5-4-10-26-22(17)27-18-6-2-3-7-19(18)29/h2-13H,14H2,1H3,(H,26,27)(H,25,28,30). The highest BCUT2D eigenvalue weighted by molar-refractivity contribution is 7.12. The second-order valence-corrected chi connectivity index (χ2v) is 8.28. The number of nitrogens with zero attached hydrogens (tertiary/aromatic N) is 3. The smallest absolute Gasteiger partial charge is 0.267 e. The summed E-state index contributed by atoms with van der Waals surface area (Å²) in [7, 11) is 0. The number of carbonyl (C=O) groups is 2. The molecule has 0 unspecified atom stereocenters. The number of anilines is 4. The van der Waals surface area contributed by atoms with Gasteiger partial charge in [0.05, 0.1) is 22.8 Å². The number of hydrogen-bond donors (Lipinski definition) is 2. The van der Waals surface area contributed by atoms with Gasteiger partial charge in [-0.1, -0.05) is 18.2 Å². The summed E-state index contributed by atoms with van der Waals surface area (Å²) < 4.78 is 0. The van der Waals surface area contributed by atoms with Crippen LogP contribution in [0.2, 0.25) is 0 Å². The van der Waals surface area contributed by atoms with Crippen molar-refractivity contribution in [1.29, 1.82) is 0 Å². The van der Waals surface area contributed by atoms with Gasteiger partial charge in [0, 0.05) is 23.5 Å². The Morgan fingerprint density at radius 2 is 1.94 bits per heavy atom. The van der Waals surface area contributed by atoms with E-state index in [4.69, 9.17) is 0 Å². The fourth-order valence-corrected chi connectivity index (χ4v) is 4.44. The zero-order chi connectivity index (χ0) is 22.1. The molecule has 2 amide bonds. The van der Waals surface area contributed by atoms with Gasteiger partial charge in [-0.25, -0.2) is 9.97 Å². The summed E-state index contributed by atoms with van der Waals surface area (Å²) >= 11 is 1.37. The summed E-state index contributed by atoms with van der Waals surface area (Å²) in [6.07, 6.45) is 3.25. The third-order valence-electron chi connectivity index (χ3n) is 5.23. The van der Waals surface area contributed by atoms with Gasteiger partial charge >= 0.3 is 0 Å². The highest BCUT2D eigenvalue weighted by Gasteiger charge is 2.25. The van der Waals surface area contributed by atoms with Crippen molar-refractivity contribution >= 4 is 46.2 Å². The molecule has 5 rings (SSSR count). The minimum absolute atomic E-state index is 0.193. The Morgan fingerprint density at radius 1 is 1.06 bits per heavy atom. The highest BCUT2D eigenvalue weighted by atomic mass is 32.1. The van der Waals surface area contributed by atoms with E-state index in [-0.39, 0.29) is 11.8 Å². The van der Waals surface area contributed by atoms with Crippen LogP contribution in [0, 0.1) is 6.92 Å². The number of para-hydroxylation sites is 2. The first-order chi connectivity index (χ1) is 15.6. The van der Waals surface area contributed by atoms with Crippen LogP contribution in [-0.4, -0.2) is 21.8 Å². The van der Waals surface area contributed by atoms with Crippen molar-refractivity contribution < 1.29 is 9.59 Å². The number of hydrogen-bond acceptors (Lipinski definition) is 6. The average Bonchev–Trinajstić information content (AvgIpc) is 3.17. The van der Waals surface area contributed by atoms with Crippen LogP contribution in [0.5, 0.6) is 0 Å². The van der Waals surface area contributed by atoms with E-state index in [9.17, 15) is 9.59 Å². The molecule has 0 radical (unpaired) electrons. The normalized spacial score (nSPS) is 12.2. The Hall–Kier alpha value is -4.04. The zero-order valence-corrected chi connectivity index (χ0v) is 18.0. The number of rotatable bonds is 3. The Labute approximate surface area is 188 Å². The minimum Gasteiger partial charge on any atom is -0.338 e. The average molecular weight is 442 g/mol. The summed E-state index contributed by atoms with van der Waals surface area (Å²) in [5, 5.41) is 7.99. The van der Waals surface area contributed by atoms with E-state index < -0.39 is 0 Å². The maximum Gasteiger partial charge on any atom is 0.267 e. The van der Waals surface area contributed by atoms with Crippen LogP contribution in [0.15, 0.2) is 72.4 Å². The van der Waals surface area contributed by atoms with E-state index >= 15 is 0 Å². The molecule has 0 saturated carbocycles. The second kappa shape index (κ2) is 8.24. The molecule has 0 saturated heterocycles. The molecular formula is C24H19N5O2S. The van der Waals surface area contributed by atoms with Gasteiger partial charge in [0.15, 0.2) is 0 Å². The van der Waals surface area contributed by atoms with Crippen molar-refractivity contribution in [3.05, 3.63) is 93.9 Å². The van der Waals surface area contributed by atoms with E-state index in [1.165, 1.54) is 17.5 Å². The van der Waals surface area contributed by atoms with E-state index in [0.717, 1.165) is 28.3 Å². The predicted molar refractivity (Wildman–Crippen MR) is 126 cm³/mol. The minimum atomic E-state index is -0.237. The molecule has 8 heteroatoms. The third kappa shape index (κ3) is 3.72. The maximum absolute atomic E-state index is 13.6. The summed E-state index contributed by atoms with van der Waals surface area (Å²) in [5.41, 5.74) is 3.80. The lowest BCUT2D eigenvalue weighted by atomic mass is 10.1. The molecular weight excluding hydrogens is 422 g/mol. The van der Waals surface area contributed by atoms with Crippen molar-refractivity contribution in [1.82, 2.24) is 9.97 Å². The van der Waals surface area contributed by atoms with Gasteiger partial charge < -0.3 is 15.5 Å². The van der Waals surface area contributed by atoms with Gasteiger partial charge in [-0.2, -0.15) is 0 Å². The van der Waals surface area contributed by atoms with Crippen molar-refractivity contribution in [2.45, 2.75) is 13.5 Å². The van der Waals surface area contributed by atoms with Crippen molar-refractivity contribution in [2.75, 3.05) is 15.5 Å².